The molecule has 1 aromatic rings. The first-order chi connectivity index (χ1) is 15.8. The van der Waals surface area contributed by atoms with Gasteiger partial charge in [0.1, 0.15) is 24.0 Å². The maximum Gasteiger partial charge on any atom is 0.317 e. The van der Waals surface area contributed by atoms with E-state index in [1.54, 1.807) is 7.11 Å². The van der Waals surface area contributed by atoms with Crippen molar-refractivity contribution in [2.45, 2.75) is 50.1 Å². The van der Waals surface area contributed by atoms with E-state index in [0.717, 1.165) is 30.0 Å². The van der Waals surface area contributed by atoms with Crippen LogP contribution >= 0.6 is 0 Å². The second-order valence-electron chi connectivity index (χ2n) is 9.90. The molecule has 0 unspecified atom stereocenters. The van der Waals surface area contributed by atoms with Crippen molar-refractivity contribution in [3.8, 4) is 5.75 Å². The van der Waals surface area contributed by atoms with Crippen LogP contribution < -0.4 is 9.64 Å². The topological polar surface area (TPSA) is 77.5 Å². The number of nitrogens with zero attached hydrogens (tertiary/aromatic N) is 2. The van der Waals surface area contributed by atoms with Crippen LogP contribution in [0.25, 0.3) is 0 Å². The molecule has 1 spiro atoms. The van der Waals surface area contributed by atoms with Crippen LogP contribution in [0.2, 0.25) is 0 Å². The third kappa shape index (κ3) is 2.03. The molecule has 6 atom stereocenters. The summed E-state index contributed by atoms with van der Waals surface area (Å²) in [5, 5.41) is 0. The largest absolute Gasteiger partial charge is 0.497 e. The Morgan fingerprint density at radius 1 is 1.30 bits per heavy atom. The zero-order valence-corrected chi connectivity index (χ0v) is 19.7. The molecule has 0 amide bonds. The summed E-state index contributed by atoms with van der Waals surface area (Å²) in [6.07, 6.45) is 3.34. The first-order valence-electron chi connectivity index (χ1n) is 11.5. The fourth-order valence-electron chi connectivity index (χ4n) is 8.13. The number of fused-ring (bicyclic) bond motifs is 4. The second kappa shape index (κ2) is 6.51. The summed E-state index contributed by atoms with van der Waals surface area (Å²) < 4.78 is 23.8. The van der Waals surface area contributed by atoms with Gasteiger partial charge in [0.05, 0.1) is 25.7 Å². The normalized spacial score (nSPS) is 40.7. The Labute approximate surface area is 193 Å². The van der Waals surface area contributed by atoms with Crippen molar-refractivity contribution in [2.75, 3.05) is 39.3 Å². The Kier molecular flexibility index (Phi) is 4.14. The number of anilines is 1. The summed E-state index contributed by atoms with van der Waals surface area (Å²) in [5.41, 5.74) is 0.559. The molecule has 8 nitrogen and oxygen atoms in total. The first kappa shape index (κ1) is 21.0. The third-order valence-corrected chi connectivity index (χ3v) is 9.20. The molecule has 0 radical (unpaired) electrons. The zero-order chi connectivity index (χ0) is 23.3. The number of piperidine rings is 2. The lowest BCUT2D eigenvalue weighted by Gasteiger charge is -2.65. The standard InChI is InChI=1S/C25H30N2O6/c1-6-15-12-27-20-10-17(15)23(22(29)31-5,13-32-14(2)28)24-11-21(27)33-25(20,24)26(3)19-8-7-16(30-4)9-18(19)24/h6-9,17,20-21H,10-13H2,1-5H3/b15-6-/t17-,20-,21-,23-,24-,25-/m0/s1. The van der Waals surface area contributed by atoms with Gasteiger partial charge in [-0.1, -0.05) is 11.6 Å². The van der Waals surface area contributed by atoms with E-state index in [1.807, 2.05) is 25.1 Å². The molecule has 4 heterocycles. The van der Waals surface area contributed by atoms with Crippen LogP contribution in [0.15, 0.2) is 29.8 Å². The Morgan fingerprint density at radius 2 is 2.09 bits per heavy atom. The Bertz CT molecular complexity index is 1100. The summed E-state index contributed by atoms with van der Waals surface area (Å²) in [6, 6.07) is 6.14. The maximum atomic E-state index is 14.1. The van der Waals surface area contributed by atoms with Crippen LogP contribution in [-0.4, -0.2) is 69.3 Å². The van der Waals surface area contributed by atoms with Crippen molar-refractivity contribution in [3.05, 3.63) is 35.4 Å². The molecule has 176 valence electrons. The van der Waals surface area contributed by atoms with Crippen LogP contribution in [0, 0.1) is 11.3 Å². The number of benzene rings is 1. The quantitative estimate of drug-likeness (QED) is 0.506. The van der Waals surface area contributed by atoms with Crippen molar-refractivity contribution in [3.63, 3.8) is 0 Å². The molecular weight excluding hydrogens is 424 g/mol. The predicted octanol–water partition coefficient (Wildman–Crippen LogP) is 2.21. The maximum absolute atomic E-state index is 14.1. The highest BCUT2D eigenvalue weighted by Gasteiger charge is 2.88. The lowest BCUT2D eigenvalue weighted by molar-refractivity contribution is -0.199. The highest BCUT2D eigenvalue weighted by molar-refractivity contribution is 5.86. The molecule has 3 saturated heterocycles. The lowest BCUT2D eigenvalue weighted by atomic mass is 9.42. The number of methoxy groups -OCH3 is 2. The molecule has 8 heteroatoms. The van der Waals surface area contributed by atoms with E-state index >= 15 is 0 Å². The average Bonchev–Trinajstić information content (AvgIpc) is 3.43. The number of likely N-dealkylation sites (N-methyl/N-ethyl adjacent to an activating group) is 1. The van der Waals surface area contributed by atoms with Gasteiger partial charge in [0.2, 0.25) is 0 Å². The molecule has 0 aromatic heterocycles. The molecule has 1 aliphatic carbocycles. The van der Waals surface area contributed by atoms with Crippen molar-refractivity contribution >= 4 is 17.6 Å². The minimum atomic E-state index is -1.13. The smallest absolute Gasteiger partial charge is 0.317 e. The van der Waals surface area contributed by atoms with Gasteiger partial charge in [-0.3, -0.25) is 14.5 Å². The molecule has 1 saturated carbocycles. The van der Waals surface area contributed by atoms with Gasteiger partial charge in [-0.15, -0.1) is 0 Å². The first-order valence-corrected chi connectivity index (χ1v) is 11.5. The molecular formula is C25H30N2O6. The fourth-order valence-corrected chi connectivity index (χ4v) is 8.13. The van der Waals surface area contributed by atoms with E-state index in [4.69, 9.17) is 18.9 Å². The molecule has 0 N–H and O–H groups in total. The molecule has 1 aromatic carbocycles. The highest BCUT2D eigenvalue weighted by atomic mass is 16.6. The van der Waals surface area contributed by atoms with Gasteiger partial charge in [-0.05, 0) is 37.1 Å². The van der Waals surface area contributed by atoms with Crippen molar-refractivity contribution in [1.82, 2.24) is 4.90 Å². The summed E-state index contributed by atoms with van der Waals surface area (Å²) in [4.78, 5) is 30.8. The minimum absolute atomic E-state index is 0.0496. The zero-order valence-electron chi connectivity index (χ0n) is 19.7. The van der Waals surface area contributed by atoms with Gasteiger partial charge in [0.25, 0.3) is 0 Å². The van der Waals surface area contributed by atoms with Crippen LogP contribution in [0.4, 0.5) is 5.69 Å². The van der Waals surface area contributed by atoms with Gasteiger partial charge in [-0.2, -0.15) is 0 Å². The van der Waals surface area contributed by atoms with E-state index in [1.165, 1.54) is 19.6 Å². The van der Waals surface area contributed by atoms with E-state index in [2.05, 4.69) is 22.9 Å². The van der Waals surface area contributed by atoms with Gasteiger partial charge in [0.15, 0.2) is 5.72 Å². The number of allylic oxidation sites excluding steroid dienone is 1. The van der Waals surface area contributed by atoms with Gasteiger partial charge in [-0.25, -0.2) is 0 Å². The van der Waals surface area contributed by atoms with Crippen LogP contribution in [0.1, 0.15) is 32.3 Å². The highest BCUT2D eigenvalue weighted by Crippen LogP contribution is 2.77. The second-order valence-corrected chi connectivity index (χ2v) is 9.90. The van der Waals surface area contributed by atoms with Crippen molar-refractivity contribution in [1.29, 1.82) is 0 Å². The molecule has 4 fully saturated rings. The van der Waals surface area contributed by atoms with E-state index < -0.39 is 22.5 Å². The van der Waals surface area contributed by atoms with Gasteiger partial charge in [0, 0.05) is 38.5 Å². The number of carbonyl (C=O) groups excluding carboxylic acids is 2. The van der Waals surface area contributed by atoms with Crippen molar-refractivity contribution < 1.29 is 28.5 Å². The third-order valence-electron chi connectivity index (χ3n) is 9.20. The number of carbonyl (C=O) groups is 2. The van der Waals surface area contributed by atoms with Gasteiger partial charge >= 0.3 is 11.9 Å². The van der Waals surface area contributed by atoms with Crippen molar-refractivity contribution in [2.24, 2.45) is 11.3 Å². The van der Waals surface area contributed by atoms with E-state index in [9.17, 15) is 9.59 Å². The molecule has 4 bridgehead atoms. The summed E-state index contributed by atoms with van der Waals surface area (Å²) in [5.74, 6) is -0.162. The fraction of sp³-hybridized carbons (Fsp3) is 0.600. The SMILES string of the molecule is C/C=C1/CN2[C@@H]3C[C@@]45c6cc(OC)ccc6N(C)[C@]4(O3)[C@@H]2C[C@@H]1[C@@]5(COC(C)=O)C(=O)OC. The number of ether oxygens (including phenoxy) is 4. The van der Waals surface area contributed by atoms with Gasteiger partial charge < -0.3 is 23.8 Å². The lowest BCUT2D eigenvalue weighted by Crippen LogP contribution is -2.80. The summed E-state index contributed by atoms with van der Waals surface area (Å²) in [7, 11) is 5.13. The van der Waals surface area contributed by atoms with Crippen LogP contribution in [0.3, 0.4) is 0 Å². The number of esters is 2. The van der Waals surface area contributed by atoms with Crippen LogP contribution in [0.5, 0.6) is 5.75 Å². The molecule has 6 rings (SSSR count). The van der Waals surface area contributed by atoms with Crippen LogP contribution in [-0.2, 0) is 29.2 Å². The summed E-state index contributed by atoms with van der Waals surface area (Å²) >= 11 is 0. The predicted molar refractivity (Wildman–Crippen MR) is 119 cm³/mol. The van der Waals surface area contributed by atoms with E-state index in [0.29, 0.717) is 6.42 Å². The number of rotatable bonds is 4. The number of hydrogen-bond acceptors (Lipinski definition) is 8. The molecule has 5 aliphatic rings. The molecule has 33 heavy (non-hydrogen) atoms. The Hall–Kier alpha value is -2.58. The Balaban J connectivity index is 1.72. The minimum Gasteiger partial charge on any atom is -0.497 e. The monoisotopic (exact) mass is 454 g/mol. The summed E-state index contributed by atoms with van der Waals surface area (Å²) in [6.45, 7) is 4.09. The number of hydrogen-bond donors (Lipinski definition) is 0. The average molecular weight is 455 g/mol. The van der Waals surface area contributed by atoms with E-state index in [-0.39, 0.29) is 30.8 Å². The molecule has 4 aliphatic heterocycles. The Morgan fingerprint density at radius 3 is 2.76 bits per heavy atom.